The first-order valence-electron chi connectivity index (χ1n) is 9.44. The fourth-order valence-corrected chi connectivity index (χ4v) is 3.85. The maximum atomic E-state index is 6.27. The molecule has 4 aromatic carbocycles. The van der Waals surface area contributed by atoms with Gasteiger partial charge in [-0.2, -0.15) is 0 Å². The van der Waals surface area contributed by atoms with Gasteiger partial charge < -0.3 is 4.42 Å². The number of para-hydroxylation sites is 2. The number of hydrogen-bond acceptors (Lipinski definition) is 1. The minimum atomic E-state index is 0.935. The summed E-state index contributed by atoms with van der Waals surface area (Å²) in [6.07, 6.45) is 1.06. The van der Waals surface area contributed by atoms with Gasteiger partial charge in [-0.15, -0.1) is 0 Å². The van der Waals surface area contributed by atoms with Gasteiger partial charge in [-0.25, -0.2) is 0 Å². The number of furan rings is 1. The molecule has 0 atom stereocenters. The van der Waals surface area contributed by atoms with E-state index in [1.54, 1.807) is 0 Å². The van der Waals surface area contributed by atoms with Crippen LogP contribution in [0.1, 0.15) is 12.5 Å². The van der Waals surface area contributed by atoms with Crippen LogP contribution in [-0.4, -0.2) is 0 Å². The summed E-state index contributed by atoms with van der Waals surface area (Å²) in [6, 6.07) is 32.1. The molecule has 0 aliphatic carbocycles. The van der Waals surface area contributed by atoms with Crippen LogP contribution in [0.5, 0.6) is 0 Å². The van der Waals surface area contributed by atoms with Crippen LogP contribution < -0.4 is 0 Å². The van der Waals surface area contributed by atoms with Crippen molar-refractivity contribution >= 4 is 21.9 Å². The molecule has 0 aliphatic heterocycles. The topological polar surface area (TPSA) is 13.1 Å². The number of fused-ring (bicyclic) bond motifs is 3. The van der Waals surface area contributed by atoms with Crippen molar-refractivity contribution in [3.63, 3.8) is 0 Å². The third-order valence-electron chi connectivity index (χ3n) is 5.29. The van der Waals surface area contributed by atoms with Crippen LogP contribution in [0.15, 0.2) is 95.4 Å². The first kappa shape index (κ1) is 15.9. The Morgan fingerprint density at radius 2 is 1.26 bits per heavy atom. The third kappa shape index (κ3) is 2.63. The molecule has 1 aromatic heterocycles. The van der Waals surface area contributed by atoms with E-state index in [4.69, 9.17) is 4.42 Å². The maximum Gasteiger partial charge on any atom is 0.143 e. The molecule has 1 heteroatoms. The van der Waals surface area contributed by atoms with Gasteiger partial charge in [0, 0.05) is 16.3 Å². The van der Waals surface area contributed by atoms with Crippen molar-refractivity contribution in [3.05, 3.63) is 96.6 Å². The van der Waals surface area contributed by atoms with Crippen molar-refractivity contribution in [1.82, 2.24) is 0 Å². The summed E-state index contributed by atoms with van der Waals surface area (Å²) in [6.45, 7) is 2.19. The van der Waals surface area contributed by atoms with Gasteiger partial charge in [0.1, 0.15) is 11.2 Å². The highest BCUT2D eigenvalue weighted by Gasteiger charge is 2.14. The molecule has 0 N–H and O–H groups in total. The smallest absolute Gasteiger partial charge is 0.143 e. The highest BCUT2D eigenvalue weighted by molar-refractivity contribution is 6.10. The van der Waals surface area contributed by atoms with Crippen LogP contribution in [0, 0.1) is 0 Å². The molecule has 0 saturated carbocycles. The average molecular weight is 348 g/mol. The summed E-state index contributed by atoms with van der Waals surface area (Å²) in [5.41, 5.74) is 8.05. The summed E-state index contributed by atoms with van der Waals surface area (Å²) < 4.78 is 6.27. The van der Waals surface area contributed by atoms with Crippen molar-refractivity contribution in [3.8, 4) is 22.3 Å². The SMILES string of the molecule is CCc1ccc(-c2ccccc2-c2cccc3c2oc2ccccc23)cc1. The Balaban J connectivity index is 1.76. The molecule has 1 heterocycles. The van der Waals surface area contributed by atoms with Gasteiger partial charge in [0.05, 0.1) is 0 Å². The Morgan fingerprint density at radius 3 is 2.07 bits per heavy atom. The molecule has 0 unspecified atom stereocenters. The second kappa shape index (κ2) is 6.44. The Hall–Kier alpha value is -3.32. The molecule has 0 spiro atoms. The fraction of sp³-hybridized carbons (Fsp3) is 0.0769. The molecule has 5 aromatic rings. The Bertz CT molecular complexity index is 1240. The van der Waals surface area contributed by atoms with Crippen molar-refractivity contribution in [2.24, 2.45) is 0 Å². The second-order valence-electron chi connectivity index (χ2n) is 6.88. The van der Waals surface area contributed by atoms with Crippen LogP contribution in [0.4, 0.5) is 0 Å². The van der Waals surface area contributed by atoms with E-state index >= 15 is 0 Å². The first-order valence-corrected chi connectivity index (χ1v) is 9.44. The monoisotopic (exact) mass is 348 g/mol. The van der Waals surface area contributed by atoms with Gasteiger partial charge in [0.25, 0.3) is 0 Å². The van der Waals surface area contributed by atoms with Crippen molar-refractivity contribution in [2.75, 3.05) is 0 Å². The van der Waals surface area contributed by atoms with Gasteiger partial charge in [-0.3, -0.25) is 0 Å². The van der Waals surface area contributed by atoms with E-state index in [9.17, 15) is 0 Å². The Morgan fingerprint density at radius 1 is 0.593 bits per heavy atom. The Kier molecular flexibility index (Phi) is 3.79. The van der Waals surface area contributed by atoms with Gasteiger partial charge >= 0.3 is 0 Å². The summed E-state index contributed by atoms with van der Waals surface area (Å²) >= 11 is 0. The molecule has 0 fully saturated rings. The van der Waals surface area contributed by atoms with Gasteiger partial charge in [-0.05, 0) is 34.7 Å². The van der Waals surface area contributed by atoms with Crippen molar-refractivity contribution in [2.45, 2.75) is 13.3 Å². The molecule has 27 heavy (non-hydrogen) atoms. The minimum absolute atomic E-state index is 0.935. The lowest BCUT2D eigenvalue weighted by Gasteiger charge is -2.11. The van der Waals surface area contributed by atoms with Crippen molar-refractivity contribution < 1.29 is 4.42 Å². The highest BCUT2D eigenvalue weighted by Crippen LogP contribution is 2.39. The molecular formula is C26H20O. The average Bonchev–Trinajstić information content (AvgIpc) is 3.13. The van der Waals surface area contributed by atoms with E-state index in [0.717, 1.165) is 23.2 Å². The summed E-state index contributed by atoms with van der Waals surface area (Å²) in [7, 11) is 0. The lowest BCUT2D eigenvalue weighted by molar-refractivity contribution is 0.670. The van der Waals surface area contributed by atoms with Gasteiger partial charge in [-0.1, -0.05) is 91.9 Å². The first-order chi connectivity index (χ1) is 13.3. The molecule has 0 radical (unpaired) electrons. The molecule has 0 amide bonds. The van der Waals surface area contributed by atoms with Crippen LogP contribution in [0.25, 0.3) is 44.2 Å². The zero-order valence-electron chi connectivity index (χ0n) is 15.3. The molecular weight excluding hydrogens is 328 g/mol. The molecule has 0 saturated heterocycles. The summed E-state index contributed by atoms with van der Waals surface area (Å²) in [4.78, 5) is 0. The standard InChI is InChI=1S/C26H20O/c1-2-18-14-16-19(17-15-18)20-8-3-4-9-21(20)23-11-7-12-24-22-10-5-6-13-25(22)27-26(23)24/h3-17H,2H2,1H3. The number of benzene rings is 4. The molecule has 5 rings (SSSR count). The third-order valence-corrected chi connectivity index (χ3v) is 5.29. The molecule has 130 valence electrons. The van der Waals surface area contributed by atoms with E-state index in [1.807, 2.05) is 12.1 Å². The predicted octanol–water partition coefficient (Wildman–Crippen LogP) is 7.48. The van der Waals surface area contributed by atoms with Crippen LogP contribution in [0.3, 0.4) is 0 Å². The van der Waals surface area contributed by atoms with Gasteiger partial charge in [0.15, 0.2) is 0 Å². The number of aryl methyl sites for hydroxylation is 1. The highest BCUT2D eigenvalue weighted by atomic mass is 16.3. The zero-order chi connectivity index (χ0) is 18.2. The van der Waals surface area contributed by atoms with Gasteiger partial charge in [0.2, 0.25) is 0 Å². The maximum absolute atomic E-state index is 6.27. The van der Waals surface area contributed by atoms with Crippen LogP contribution in [-0.2, 0) is 6.42 Å². The van der Waals surface area contributed by atoms with E-state index in [1.165, 1.54) is 33.0 Å². The van der Waals surface area contributed by atoms with E-state index in [0.29, 0.717) is 0 Å². The Labute approximate surface area is 158 Å². The van der Waals surface area contributed by atoms with Crippen molar-refractivity contribution in [1.29, 1.82) is 0 Å². The quantitative estimate of drug-likeness (QED) is 0.329. The number of rotatable bonds is 3. The van der Waals surface area contributed by atoms with E-state index < -0.39 is 0 Å². The number of hydrogen-bond donors (Lipinski definition) is 0. The summed E-state index contributed by atoms with van der Waals surface area (Å²) in [5.74, 6) is 0. The lowest BCUT2D eigenvalue weighted by atomic mass is 9.93. The van der Waals surface area contributed by atoms with Crippen LogP contribution >= 0.6 is 0 Å². The normalized spacial score (nSPS) is 11.3. The molecule has 0 bridgehead atoms. The van der Waals surface area contributed by atoms with Crippen LogP contribution in [0.2, 0.25) is 0 Å². The largest absolute Gasteiger partial charge is 0.455 e. The van der Waals surface area contributed by atoms with E-state index in [-0.39, 0.29) is 0 Å². The van der Waals surface area contributed by atoms with E-state index in [2.05, 4.69) is 85.8 Å². The zero-order valence-corrected chi connectivity index (χ0v) is 15.3. The second-order valence-corrected chi connectivity index (χ2v) is 6.88. The molecule has 1 nitrogen and oxygen atoms in total. The molecule has 0 aliphatic rings. The summed E-state index contributed by atoms with van der Waals surface area (Å²) in [5, 5.41) is 2.33. The lowest BCUT2D eigenvalue weighted by Crippen LogP contribution is -1.87. The minimum Gasteiger partial charge on any atom is -0.455 e. The predicted molar refractivity (Wildman–Crippen MR) is 114 cm³/mol. The fourth-order valence-electron chi connectivity index (χ4n) is 3.85.